The van der Waals surface area contributed by atoms with Gasteiger partial charge in [0.15, 0.2) is 13.6 Å². The lowest BCUT2D eigenvalue weighted by molar-refractivity contribution is -0.134. The van der Waals surface area contributed by atoms with Crippen LogP contribution in [-0.4, -0.2) is 36.9 Å². The molecule has 0 aliphatic heterocycles. The van der Waals surface area contributed by atoms with Crippen molar-refractivity contribution in [2.75, 3.05) is 13.7 Å². The molecule has 3 fully saturated rings. The maximum Gasteiger partial charge on any atom is 0.167 e. The molecule has 0 spiro atoms. The number of methoxy groups -OCH3 is 1. The van der Waals surface area contributed by atoms with Crippen LogP contribution in [0.1, 0.15) is 78.6 Å². The third-order valence-electron chi connectivity index (χ3n) is 9.99. The lowest BCUT2D eigenvalue weighted by Gasteiger charge is -2.59. The van der Waals surface area contributed by atoms with Crippen molar-refractivity contribution >= 4 is 19.4 Å². The minimum Gasteiger partial charge on any atom is -0.385 e. The maximum atomic E-state index is 13.4. The van der Waals surface area contributed by atoms with Gasteiger partial charge in [-0.25, -0.2) is 0 Å². The number of imidazole rings is 1. The van der Waals surface area contributed by atoms with Crippen LogP contribution in [0.3, 0.4) is 0 Å². The molecule has 1 heterocycles. The predicted molar refractivity (Wildman–Crippen MR) is 125 cm³/mol. The monoisotopic (exact) mass is 424 g/mol. The van der Waals surface area contributed by atoms with E-state index in [1.54, 1.807) is 6.20 Å². The third kappa shape index (κ3) is 3.94. The smallest absolute Gasteiger partial charge is 0.167 e. The van der Waals surface area contributed by atoms with Crippen LogP contribution in [0.4, 0.5) is 0 Å². The van der Waals surface area contributed by atoms with E-state index in [0.717, 1.165) is 30.8 Å². The molecule has 1 aromatic rings. The zero-order chi connectivity index (χ0) is 22.2. The fraction of sp³-hybridized carbons (Fsp3) is 0.846. The zero-order valence-electron chi connectivity index (χ0n) is 20.1. The Morgan fingerprint density at radius 2 is 2.03 bits per heavy atom. The third-order valence-corrected chi connectivity index (χ3v) is 9.99. The van der Waals surface area contributed by atoms with Crippen LogP contribution in [-0.2, 0) is 16.1 Å². The first-order valence-corrected chi connectivity index (χ1v) is 12.6. The standard InChI is InChI=1S/C26H41BN2O2/c1-5-12-25(2)18(11-16-31-4)6-7-19-20-8-9-22(26(20,3)13-10-21(19)25)23(30)17-29-15-14-28-24(29)27/h14-15,18-22H,5-13,16-17H2,1-4H3. The fourth-order valence-electron chi connectivity index (χ4n) is 8.48. The van der Waals surface area contributed by atoms with Gasteiger partial charge < -0.3 is 9.30 Å². The normalized spacial score (nSPS) is 39.8. The first-order valence-electron chi connectivity index (χ1n) is 12.6. The number of hydrogen-bond donors (Lipinski definition) is 0. The molecule has 3 saturated carbocycles. The van der Waals surface area contributed by atoms with E-state index < -0.39 is 0 Å². The Morgan fingerprint density at radius 1 is 1.23 bits per heavy atom. The summed E-state index contributed by atoms with van der Waals surface area (Å²) < 4.78 is 7.29. The van der Waals surface area contributed by atoms with E-state index in [0.29, 0.717) is 29.4 Å². The molecule has 7 unspecified atom stereocenters. The van der Waals surface area contributed by atoms with Gasteiger partial charge in [0.05, 0.1) is 6.54 Å². The summed E-state index contributed by atoms with van der Waals surface area (Å²) >= 11 is 0. The predicted octanol–water partition coefficient (Wildman–Crippen LogP) is 4.56. The molecule has 0 amide bonds. The van der Waals surface area contributed by atoms with Gasteiger partial charge >= 0.3 is 0 Å². The summed E-state index contributed by atoms with van der Waals surface area (Å²) in [6.07, 6.45) is 14.7. The van der Waals surface area contributed by atoms with Gasteiger partial charge in [0.2, 0.25) is 0 Å². The number of nitrogens with zero attached hydrogens (tertiary/aromatic N) is 2. The van der Waals surface area contributed by atoms with Crippen molar-refractivity contribution in [1.29, 1.82) is 0 Å². The second-order valence-corrected chi connectivity index (χ2v) is 11.2. The highest BCUT2D eigenvalue weighted by molar-refractivity contribution is 6.29. The van der Waals surface area contributed by atoms with E-state index in [4.69, 9.17) is 12.6 Å². The Balaban J connectivity index is 1.53. The van der Waals surface area contributed by atoms with Crippen LogP contribution in [0.2, 0.25) is 0 Å². The molecule has 31 heavy (non-hydrogen) atoms. The Morgan fingerprint density at radius 3 is 2.71 bits per heavy atom. The fourth-order valence-corrected chi connectivity index (χ4v) is 8.48. The highest BCUT2D eigenvalue weighted by atomic mass is 16.5. The Kier molecular flexibility index (Phi) is 6.73. The number of rotatable bonds is 8. The number of Topliss-reactive ketones (excluding diaryl/α,β-unsaturated/α-hetero) is 1. The molecule has 4 rings (SSSR count). The number of hydrogen-bond acceptors (Lipinski definition) is 3. The van der Waals surface area contributed by atoms with Crippen molar-refractivity contribution < 1.29 is 9.53 Å². The first kappa shape index (κ1) is 23.1. The number of carbonyl (C=O) groups is 1. The Hall–Kier alpha value is -1.10. The van der Waals surface area contributed by atoms with Gasteiger partial charge in [-0.2, -0.15) is 0 Å². The molecule has 0 aromatic carbocycles. The van der Waals surface area contributed by atoms with Gasteiger partial charge in [-0.1, -0.05) is 27.2 Å². The SMILES string of the molecule is [B]c1nccn1CC(=O)C1CCC2C3CCC(CCOC)C(C)(CCC)C3CCC12C. The summed E-state index contributed by atoms with van der Waals surface area (Å²) in [5, 5.41) is 0. The number of ether oxygens (including phenoxy) is 1. The van der Waals surface area contributed by atoms with Gasteiger partial charge in [-0.05, 0) is 85.9 Å². The summed E-state index contributed by atoms with van der Waals surface area (Å²) in [6.45, 7) is 8.64. The summed E-state index contributed by atoms with van der Waals surface area (Å²) in [7, 11) is 7.77. The highest BCUT2D eigenvalue weighted by Crippen LogP contribution is 2.66. The minimum atomic E-state index is 0.153. The average Bonchev–Trinajstić information content (AvgIpc) is 3.30. The number of ketones is 1. The van der Waals surface area contributed by atoms with Crippen LogP contribution in [0, 0.1) is 40.4 Å². The average molecular weight is 424 g/mol. The first-order chi connectivity index (χ1) is 14.8. The molecule has 0 bridgehead atoms. The van der Waals surface area contributed by atoms with E-state index in [2.05, 4.69) is 25.8 Å². The van der Waals surface area contributed by atoms with Gasteiger partial charge in [0.1, 0.15) is 0 Å². The largest absolute Gasteiger partial charge is 0.385 e. The minimum absolute atomic E-state index is 0.153. The maximum absolute atomic E-state index is 13.4. The van der Waals surface area contributed by atoms with Crippen LogP contribution in [0.15, 0.2) is 12.4 Å². The zero-order valence-corrected chi connectivity index (χ0v) is 20.1. The Labute approximate surface area is 190 Å². The topological polar surface area (TPSA) is 44.1 Å². The molecule has 4 nitrogen and oxygen atoms in total. The molecule has 5 heteroatoms. The molecule has 2 radical (unpaired) electrons. The molecule has 3 aliphatic rings. The molecule has 7 atom stereocenters. The van der Waals surface area contributed by atoms with Crippen LogP contribution >= 0.6 is 0 Å². The highest BCUT2D eigenvalue weighted by Gasteiger charge is 2.60. The summed E-state index contributed by atoms with van der Waals surface area (Å²) in [5.41, 5.74) is 1.02. The van der Waals surface area contributed by atoms with Gasteiger partial charge in [-0.15, -0.1) is 0 Å². The summed E-state index contributed by atoms with van der Waals surface area (Å²) in [6, 6.07) is 0. The van der Waals surface area contributed by atoms with Crippen LogP contribution < -0.4 is 5.72 Å². The van der Waals surface area contributed by atoms with Crippen LogP contribution in [0.5, 0.6) is 0 Å². The van der Waals surface area contributed by atoms with Crippen molar-refractivity contribution in [2.45, 2.75) is 85.1 Å². The summed E-state index contributed by atoms with van der Waals surface area (Å²) in [5.74, 6) is 3.59. The van der Waals surface area contributed by atoms with Crippen molar-refractivity contribution in [1.82, 2.24) is 9.55 Å². The van der Waals surface area contributed by atoms with Gasteiger partial charge in [0, 0.05) is 37.8 Å². The molecule has 3 aliphatic carbocycles. The van der Waals surface area contributed by atoms with Gasteiger partial charge in [-0.3, -0.25) is 9.78 Å². The molecular weight excluding hydrogens is 383 g/mol. The van der Waals surface area contributed by atoms with Crippen LogP contribution in [0.25, 0.3) is 0 Å². The molecule has 170 valence electrons. The van der Waals surface area contributed by atoms with E-state index >= 15 is 0 Å². The number of aromatic nitrogens is 2. The van der Waals surface area contributed by atoms with Crippen molar-refractivity contribution in [3.05, 3.63) is 12.4 Å². The van der Waals surface area contributed by atoms with Crippen molar-refractivity contribution in [2.24, 2.45) is 40.4 Å². The lowest BCUT2D eigenvalue weighted by Crippen LogP contribution is -2.52. The molecular formula is C26H41BN2O2. The number of fused-ring (bicyclic) bond motifs is 3. The molecule has 0 saturated heterocycles. The molecule has 1 aromatic heterocycles. The quantitative estimate of drug-likeness (QED) is 0.575. The summed E-state index contributed by atoms with van der Waals surface area (Å²) in [4.78, 5) is 17.5. The van der Waals surface area contributed by atoms with E-state index in [1.165, 1.54) is 51.4 Å². The lowest BCUT2D eigenvalue weighted by atomic mass is 9.46. The van der Waals surface area contributed by atoms with Crippen molar-refractivity contribution in [3.8, 4) is 0 Å². The van der Waals surface area contributed by atoms with Gasteiger partial charge in [0.25, 0.3) is 0 Å². The second-order valence-electron chi connectivity index (χ2n) is 11.2. The number of carbonyl (C=O) groups excluding carboxylic acids is 1. The molecule has 0 N–H and O–H groups in total. The van der Waals surface area contributed by atoms with E-state index in [1.807, 2.05) is 17.9 Å². The second kappa shape index (κ2) is 9.04. The van der Waals surface area contributed by atoms with E-state index in [-0.39, 0.29) is 11.3 Å². The van der Waals surface area contributed by atoms with E-state index in [9.17, 15) is 4.79 Å². The van der Waals surface area contributed by atoms with Crippen molar-refractivity contribution in [3.63, 3.8) is 0 Å². The Bertz CT molecular complexity index is 779.